The van der Waals surface area contributed by atoms with Crippen LogP contribution in [0.2, 0.25) is 0 Å². The number of imidazole rings is 1. The average molecular weight is 493 g/mol. The second-order valence-corrected chi connectivity index (χ2v) is 9.76. The second kappa shape index (κ2) is 11.2. The summed E-state index contributed by atoms with van der Waals surface area (Å²) < 4.78 is 2.15. The van der Waals surface area contributed by atoms with Crippen LogP contribution in [0.4, 0.5) is 0 Å². The predicted octanol–water partition coefficient (Wildman–Crippen LogP) is 6.31. The molecule has 5 rings (SSSR count). The highest BCUT2D eigenvalue weighted by Crippen LogP contribution is 2.27. The van der Waals surface area contributed by atoms with Gasteiger partial charge in [-0.05, 0) is 46.9 Å². The normalized spacial score (nSPS) is 11.9. The van der Waals surface area contributed by atoms with E-state index in [4.69, 9.17) is 4.98 Å². The molecule has 0 aliphatic rings. The number of hydrogen-bond acceptors (Lipinski definition) is 4. The Morgan fingerprint density at radius 1 is 0.889 bits per heavy atom. The quantitative estimate of drug-likeness (QED) is 0.245. The van der Waals surface area contributed by atoms with Gasteiger partial charge in [0.25, 0.3) is 5.91 Å². The van der Waals surface area contributed by atoms with Crippen LogP contribution in [0.25, 0.3) is 11.2 Å². The fraction of sp³-hybridized carbons (Fsp3) is 0.167. The van der Waals surface area contributed by atoms with Crippen LogP contribution >= 0.6 is 11.8 Å². The molecule has 0 bridgehead atoms. The minimum absolute atomic E-state index is 0.0572. The molecule has 0 spiro atoms. The number of thioether (sulfide) groups is 1. The number of hydrogen-bond donors (Lipinski definition) is 1. The zero-order valence-corrected chi connectivity index (χ0v) is 21.0. The Labute approximate surface area is 215 Å². The average Bonchev–Trinajstić information content (AvgIpc) is 3.29. The lowest BCUT2D eigenvalue weighted by Crippen LogP contribution is -2.27. The molecule has 0 fully saturated rings. The Morgan fingerprint density at radius 2 is 1.61 bits per heavy atom. The van der Waals surface area contributed by atoms with Gasteiger partial charge in [-0.1, -0.05) is 91.5 Å². The van der Waals surface area contributed by atoms with Crippen molar-refractivity contribution in [1.29, 1.82) is 0 Å². The Bertz CT molecular complexity index is 1430. The molecule has 2 heterocycles. The molecule has 0 aliphatic carbocycles. The van der Waals surface area contributed by atoms with Gasteiger partial charge in [0.1, 0.15) is 5.52 Å². The number of benzene rings is 3. The van der Waals surface area contributed by atoms with Crippen LogP contribution in [0.5, 0.6) is 0 Å². The summed E-state index contributed by atoms with van der Waals surface area (Å²) in [6, 6.07) is 32.3. The summed E-state index contributed by atoms with van der Waals surface area (Å²) in [6.07, 6.45) is 1.80. The standard InChI is InChI=1S/C30H28N4OS/c1-22(25-11-6-3-7-12-25)19-32-29(35)26-16-14-23(15-17-26)20-34-28-27(13-8-18-31-28)33-30(34)36-21-24-9-4-2-5-10-24/h2-18,22H,19-21H2,1H3,(H,32,35)/t22-/m1/s1. The number of carbonyl (C=O) groups excluding carboxylic acids is 1. The zero-order chi connectivity index (χ0) is 24.7. The van der Waals surface area contributed by atoms with Crippen LogP contribution in [0.15, 0.2) is 108 Å². The van der Waals surface area contributed by atoms with E-state index >= 15 is 0 Å². The molecule has 36 heavy (non-hydrogen) atoms. The highest BCUT2D eigenvalue weighted by Gasteiger charge is 2.14. The van der Waals surface area contributed by atoms with E-state index in [-0.39, 0.29) is 11.8 Å². The third kappa shape index (κ3) is 5.66. The van der Waals surface area contributed by atoms with Crippen molar-refractivity contribution in [3.05, 3.63) is 126 Å². The van der Waals surface area contributed by atoms with Crippen molar-refractivity contribution in [3.8, 4) is 0 Å². The highest BCUT2D eigenvalue weighted by molar-refractivity contribution is 7.98. The highest BCUT2D eigenvalue weighted by atomic mass is 32.2. The predicted molar refractivity (Wildman–Crippen MR) is 146 cm³/mol. The number of nitrogens with zero attached hydrogens (tertiary/aromatic N) is 3. The fourth-order valence-electron chi connectivity index (χ4n) is 4.10. The maximum atomic E-state index is 12.7. The summed E-state index contributed by atoms with van der Waals surface area (Å²) in [5.74, 6) is 1.03. The molecule has 2 aromatic heterocycles. The third-order valence-corrected chi connectivity index (χ3v) is 7.22. The zero-order valence-electron chi connectivity index (χ0n) is 20.2. The van der Waals surface area contributed by atoms with Gasteiger partial charge in [0, 0.05) is 24.1 Å². The molecule has 5 aromatic rings. The number of aromatic nitrogens is 3. The molecule has 1 N–H and O–H groups in total. The molecular weight excluding hydrogens is 464 g/mol. The maximum absolute atomic E-state index is 12.7. The van der Waals surface area contributed by atoms with E-state index in [1.807, 2.05) is 60.7 Å². The Balaban J connectivity index is 1.27. The minimum atomic E-state index is -0.0572. The van der Waals surface area contributed by atoms with E-state index in [0.29, 0.717) is 18.7 Å². The van der Waals surface area contributed by atoms with Gasteiger partial charge >= 0.3 is 0 Å². The van der Waals surface area contributed by atoms with Crippen molar-refractivity contribution in [2.24, 2.45) is 0 Å². The van der Waals surface area contributed by atoms with Gasteiger partial charge < -0.3 is 5.32 Å². The molecule has 3 aromatic carbocycles. The Kier molecular flexibility index (Phi) is 7.43. The van der Waals surface area contributed by atoms with Crippen LogP contribution in [-0.4, -0.2) is 27.0 Å². The van der Waals surface area contributed by atoms with Crippen LogP contribution in [0.3, 0.4) is 0 Å². The summed E-state index contributed by atoms with van der Waals surface area (Å²) in [5.41, 5.74) is 5.98. The molecule has 0 radical (unpaired) electrons. The summed E-state index contributed by atoms with van der Waals surface area (Å²) in [6.45, 7) is 3.35. The molecule has 5 nitrogen and oxygen atoms in total. The first kappa shape index (κ1) is 23.8. The van der Waals surface area contributed by atoms with E-state index in [1.54, 1.807) is 18.0 Å². The second-order valence-electron chi connectivity index (χ2n) is 8.82. The van der Waals surface area contributed by atoms with Gasteiger partial charge in [0.2, 0.25) is 0 Å². The first-order valence-corrected chi connectivity index (χ1v) is 13.1. The van der Waals surface area contributed by atoms with Crippen molar-refractivity contribution in [2.45, 2.75) is 30.3 Å². The topological polar surface area (TPSA) is 59.8 Å². The van der Waals surface area contributed by atoms with Crippen LogP contribution in [0, 0.1) is 0 Å². The number of pyridine rings is 1. The van der Waals surface area contributed by atoms with Crippen molar-refractivity contribution in [2.75, 3.05) is 6.54 Å². The monoisotopic (exact) mass is 492 g/mol. The number of carbonyl (C=O) groups is 1. The molecule has 180 valence electrons. The van der Waals surface area contributed by atoms with E-state index in [1.165, 1.54) is 11.1 Å². The number of rotatable bonds is 9. The van der Waals surface area contributed by atoms with Gasteiger partial charge in [-0.25, -0.2) is 9.97 Å². The van der Waals surface area contributed by atoms with Gasteiger partial charge in [0.15, 0.2) is 10.8 Å². The van der Waals surface area contributed by atoms with E-state index in [2.05, 4.69) is 58.2 Å². The molecule has 0 unspecified atom stereocenters. The summed E-state index contributed by atoms with van der Waals surface area (Å²) >= 11 is 1.71. The molecular formula is C30H28N4OS. The number of amides is 1. The largest absolute Gasteiger partial charge is 0.351 e. The maximum Gasteiger partial charge on any atom is 0.251 e. The molecule has 0 saturated carbocycles. The molecule has 6 heteroatoms. The van der Waals surface area contributed by atoms with Gasteiger partial charge in [-0.15, -0.1) is 0 Å². The van der Waals surface area contributed by atoms with E-state index < -0.39 is 0 Å². The molecule has 0 saturated heterocycles. The lowest BCUT2D eigenvalue weighted by molar-refractivity contribution is 0.0951. The Hall–Kier alpha value is -3.90. The molecule has 0 aliphatic heterocycles. The fourth-order valence-corrected chi connectivity index (χ4v) is 5.06. The van der Waals surface area contributed by atoms with Gasteiger partial charge in [-0.3, -0.25) is 9.36 Å². The van der Waals surface area contributed by atoms with Crippen molar-refractivity contribution >= 4 is 28.8 Å². The van der Waals surface area contributed by atoms with E-state index in [0.717, 1.165) is 27.6 Å². The van der Waals surface area contributed by atoms with Crippen LogP contribution < -0.4 is 5.32 Å². The molecule has 1 amide bonds. The summed E-state index contributed by atoms with van der Waals surface area (Å²) in [7, 11) is 0. The van der Waals surface area contributed by atoms with Crippen molar-refractivity contribution in [1.82, 2.24) is 19.9 Å². The van der Waals surface area contributed by atoms with Gasteiger partial charge in [-0.2, -0.15) is 0 Å². The summed E-state index contributed by atoms with van der Waals surface area (Å²) in [4.78, 5) is 22.1. The Morgan fingerprint density at radius 3 is 2.36 bits per heavy atom. The van der Waals surface area contributed by atoms with Crippen molar-refractivity contribution in [3.63, 3.8) is 0 Å². The smallest absolute Gasteiger partial charge is 0.251 e. The minimum Gasteiger partial charge on any atom is -0.351 e. The third-order valence-electron chi connectivity index (χ3n) is 6.17. The SMILES string of the molecule is C[C@H](CNC(=O)c1ccc(Cn2c(SCc3ccccc3)nc3cccnc32)cc1)c1ccccc1. The van der Waals surface area contributed by atoms with E-state index in [9.17, 15) is 4.79 Å². The van der Waals surface area contributed by atoms with Crippen LogP contribution in [0.1, 0.15) is 39.9 Å². The lowest BCUT2D eigenvalue weighted by Gasteiger charge is -2.13. The summed E-state index contributed by atoms with van der Waals surface area (Å²) in [5, 5.41) is 3.99. The first-order chi connectivity index (χ1) is 17.7. The van der Waals surface area contributed by atoms with Gasteiger partial charge in [0.05, 0.1) is 6.54 Å². The van der Waals surface area contributed by atoms with Crippen molar-refractivity contribution < 1.29 is 4.79 Å². The first-order valence-electron chi connectivity index (χ1n) is 12.1. The lowest BCUT2D eigenvalue weighted by atomic mass is 10.0. The van der Waals surface area contributed by atoms with Crippen LogP contribution in [-0.2, 0) is 12.3 Å². The molecule has 1 atom stereocenters. The number of fused-ring (bicyclic) bond motifs is 1. The number of nitrogens with one attached hydrogen (secondary N) is 1.